The van der Waals surface area contributed by atoms with Crippen LogP contribution in [0.3, 0.4) is 0 Å². The van der Waals surface area contributed by atoms with E-state index in [-0.39, 0.29) is 24.5 Å². The smallest absolute Gasteiger partial charge is 0.263 e. The van der Waals surface area contributed by atoms with Crippen molar-refractivity contribution in [1.82, 2.24) is 39.6 Å². The van der Waals surface area contributed by atoms with Crippen molar-refractivity contribution >= 4 is 16.9 Å². The highest BCUT2D eigenvalue weighted by molar-refractivity contribution is 5.93. The zero-order valence-corrected chi connectivity index (χ0v) is 14.8. The lowest BCUT2D eigenvalue weighted by molar-refractivity contribution is 0.0779. The molecule has 0 saturated heterocycles. The molecule has 4 aromatic rings. The van der Waals surface area contributed by atoms with Crippen molar-refractivity contribution in [1.29, 1.82) is 0 Å². The third kappa shape index (κ3) is 3.49. The fourth-order valence-corrected chi connectivity index (χ4v) is 2.74. The lowest BCUT2D eigenvalue weighted by atomic mass is 10.3. The lowest BCUT2D eigenvalue weighted by Crippen LogP contribution is -2.32. The average Bonchev–Trinajstić information content (AvgIpc) is 3.30. The number of nitrogens with one attached hydrogen (secondary N) is 2. The third-order valence-electron chi connectivity index (χ3n) is 4.09. The fraction of sp³-hybridized carbons (Fsp3) is 0.176. The van der Waals surface area contributed by atoms with Crippen LogP contribution >= 0.6 is 0 Å². The van der Waals surface area contributed by atoms with Crippen LogP contribution in [0, 0.1) is 5.82 Å². The predicted octanol–water partition coefficient (Wildman–Crippen LogP) is 0.697. The number of carbonyl (C=O) groups excluding carboxylic acids is 1. The van der Waals surface area contributed by atoms with Gasteiger partial charge < -0.3 is 14.9 Å². The van der Waals surface area contributed by atoms with Gasteiger partial charge in [-0.05, 0) is 18.2 Å². The van der Waals surface area contributed by atoms with Gasteiger partial charge in [0.05, 0.1) is 17.6 Å². The number of hydrogen-bond donors (Lipinski definition) is 2. The van der Waals surface area contributed by atoms with Crippen LogP contribution in [0.1, 0.15) is 22.0 Å². The first-order valence-corrected chi connectivity index (χ1v) is 8.30. The molecular formula is C17H15FN8O2. The number of aromatic nitrogens is 7. The van der Waals surface area contributed by atoms with Gasteiger partial charge in [0.1, 0.15) is 42.2 Å². The molecule has 0 radical (unpaired) electrons. The van der Waals surface area contributed by atoms with Gasteiger partial charge in [-0.2, -0.15) is 5.10 Å². The minimum atomic E-state index is -0.548. The molecule has 0 fully saturated rings. The second-order valence-corrected chi connectivity index (χ2v) is 6.17. The van der Waals surface area contributed by atoms with E-state index in [1.165, 1.54) is 40.6 Å². The SMILES string of the molecule is CN(Cc1nc2ccc(F)cc2[nH]1)C(=O)c1cnc(Cn2cncn2)[nH]c1=O. The summed E-state index contributed by atoms with van der Waals surface area (Å²) in [5.41, 5.74) is 0.489. The Balaban J connectivity index is 1.50. The maximum Gasteiger partial charge on any atom is 0.263 e. The van der Waals surface area contributed by atoms with Gasteiger partial charge in [-0.15, -0.1) is 0 Å². The van der Waals surface area contributed by atoms with Crippen molar-refractivity contribution in [2.24, 2.45) is 0 Å². The molecule has 142 valence electrons. The third-order valence-corrected chi connectivity index (χ3v) is 4.09. The predicted molar refractivity (Wildman–Crippen MR) is 95.8 cm³/mol. The Morgan fingerprint density at radius 1 is 1.29 bits per heavy atom. The molecule has 3 aromatic heterocycles. The molecule has 4 rings (SSSR count). The molecule has 11 heteroatoms. The van der Waals surface area contributed by atoms with Crippen molar-refractivity contribution in [3.8, 4) is 0 Å². The molecule has 1 amide bonds. The lowest BCUT2D eigenvalue weighted by Gasteiger charge is -2.15. The van der Waals surface area contributed by atoms with Crippen LogP contribution in [0.25, 0.3) is 11.0 Å². The highest BCUT2D eigenvalue weighted by atomic mass is 19.1. The Morgan fingerprint density at radius 3 is 2.89 bits per heavy atom. The molecule has 1 aromatic carbocycles. The van der Waals surface area contributed by atoms with E-state index in [0.29, 0.717) is 22.7 Å². The fourth-order valence-electron chi connectivity index (χ4n) is 2.74. The number of nitrogens with zero attached hydrogens (tertiary/aromatic N) is 6. The van der Waals surface area contributed by atoms with Gasteiger partial charge >= 0.3 is 0 Å². The molecule has 10 nitrogen and oxygen atoms in total. The van der Waals surface area contributed by atoms with E-state index < -0.39 is 11.5 Å². The van der Waals surface area contributed by atoms with Crippen LogP contribution in [0.15, 0.2) is 41.8 Å². The number of aromatic amines is 2. The first-order valence-electron chi connectivity index (χ1n) is 8.30. The number of carbonyl (C=O) groups is 1. The second kappa shape index (κ2) is 7.02. The van der Waals surface area contributed by atoms with E-state index in [9.17, 15) is 14.0 Å². The van der Waals surface area contributed by atoms with Crippen molar-refractivity contribution in [3.05, 3.63) is 70.4 Å². The molecule has 3 heterocycles. The van der Waals surface area contributed by atoms with E-state index in [1.807, 2.05) is 0 Å². The van der Waals surface area contributed by atoms with E-state index in [4.69, 9.17) is 0 Å². The maximum absolute atomic E-state index is 13.3. The summed E-state index contributed by atoms with van der Waals surface area (Å²) in [5, 5.41) is 3.93. The molecule has 28 heavy (non-hydrogen) atoms. The maximum atomic E-state index is 13.3. The minimum Gasteiger partial charge on any atom is -0.340 e. The number of benzene rings is 1. The minimum absolute atomic E-state index is 0.0907. The highest BCUT2D eigenvalue weighted by Gasteiger charge is 2.18. The Labute approximate surface area is 157 Å². The topological polar surface area (TPSA) is 125 Å². The molecule has 0 aliphatic heterocycles. The number of amides is 1. The van der Waals surface area contributed by atoms with Gasteiger partial charge in [-0.3, -0.25) is 9.59 Å². The number of hydrogen-bond acceptors (Lipinski definition) is 6. The van der Waals surface area contributed by atoms with Gasteiger partial charge in [0.15, 0.2) is 0 Å². The standard InChI is InChI=1S/C17H15FN8O2/c1-25(6-15-22-12-3-2-10(18)4-13(12)23-15)17(28)11-5-20-14(24-16(11)27)7-26-9-19-8-21-26/h2-5,8-9H,6-7H2,1H3,(H,22,23)(H,20,24,27). The van der Waals surface area contributed by atoms with Crippen molar-refractivity contribution < 1.29 is 9.18 Å². The molecule has 2 N–H and O–H groups in total. The summed E-state index contributed by atoms with van der Waals surface area (Å²) in [6.07, 6.45) is 4.10. The van der Waals surface area contributed by atoms with Gasteiger partial charge in [0.25, 0.3) is 11.5 Å². The number of rotatable bonds is 5. The van der Waals surface area contributed by atoms with E-state index in [0.717, 1.165) is 0 Å². The van der Waals surface area contributed by atoms with Crippen molar-refractivity contribution in [3.63, 3.8) is 0 Å². The number of imidazole rings is 1. The van der Waals surface area contributed by atoms with Crippen LogP contribution in [-0.4, -0.2) is 52.6 Å². The van der Waals surface area contributed by atoms with Crippen LogP contribution in [0.2, 0.25) is 0 Å². The number of H-pyrrole nitrogens is 2. The molecule has 0 unspecified atom stereocenters. The molecule has 0 spiro atoms. The van der Waals surface area contributed by atoms with Gasteiger partial charge in [0.2, 0.25) is 0 Å². The second-order valence-electron chi connectivity index (χ2n) is 6.17. The Bertz CT molecular complexity index is 1200. The molecule has 0 saturated carbocycles. The van der Waals surface area contributed by atoms with Crippen LogP contribution in [-0.2, 0) is 13.1 Å². The summed E-state index contributed by atoms with van der Waals surface area (Å²) in [7, 11) is 1.54. The van der Waals surface area contributed by atoms with Gasteiger partial charge in [-0.25, -0.2) is 24.0 Å². The van der Waals surface area contributed by atoms with Crippen molar-refractivity contribution in [2.45, 2.75) is 13.1 Å². The zero-order valence-electron chi connectivity index (χ0n) is 14.8. The van der Waals surface area contributed by atoms with Crippen molar-refractivity contribution in [2.75, 3.05) is 7.05 Å². The summed E-state index contributed by atoms with van der Waals surface area (Å²) < 4.78 is 14.8. The van der Waals surface area contributed by atoms with Crippen LogP contribution < -0.4 is 5.56 Å². The monoisotopic (exact) mass is 382 g/mol. The summed E-state index contributed by atoms with van der Waals surface area (Å²) in [6.45, 7) is 0.352. The zero-order chi connectivity index (χ0) is 19.7. The Morgan fingerprint density at radius 2 is 2.14 bits per heavy atom. The summed E-state index contributed by atoms with van der Waals surface area (Å²) in [5.74, 6) is -0.0546. The number of fused-ring (bicyclic) bond motifs is 1. The highest BCUT2D eigenvalue weighted by Crippen LogP contribution is 2.14. The normalized spacial score (nSPS) is 11.1. The summed E-state index contributed by atoms with van der Waals surface area (Å²) >= 11 is 0. The molecule has 0 aliphatic carbocycles. The number of halogens is 1. The van der Waals surface area contributed by atoms with E-state index in [1.54, 1.807) is 13.1 Å². The Hall–Kier alpha value is -3.89. The first kappa shape index (κ1) is 17.5. The largest absolute Gasteiger partial charge is 0.340 e. The summed E-state index contributed by atoms with van der Waals surface area (Å²) in [6, 6.07) is 4.19. The average molecular weight is 382 g/mol. The van der Waals surface area contributed by atoms with E-state index in [2.05, 4.69) is 30.0 Å². The molecule has 0 atom stereocenters. The van der Waals surface area contributed by atoms with E-state index >= 15 is 0 Å². The first-order chi connectivity index (χ1) is 13.5. The molecule has 0 bridgehead atoms. The quantitative estimate of drug-likeness (QED) is 0.523. The molecular weight excluding hydrogens is 367 g/mol. The Kier molecular flexibility index (Phi) is 4.39. The van der Waals surface area contributed by atoms with Crippen LogP contribution in [0.4, 0.5) is 4.39 Å². The summed E-state index contributed by atoms with van der Waals surface area (Å²) in [4.78, 5) is 44.0. The van der Waals surface area contributed by atoms with Crippen LogP contribution in [0.5, 0.6) is 0 Å². The molecule has 0 aliphatic rings. The van der Waals surface area contributed by atoms with Gasteiger partial charge in [-0.1, -0.05) is 0 Å². The van der Waals surface area contributed by atoms with Gasteiger partial charge in [0, 0.05) is 13.2 Å².